The predicted octanol–water partition coefficient (Wildman–Crippen LogP) is 5.59. The van der Waals surface area contributed by atoms with Gasteiger partial charge < -0.3 is 5.32 Å². The van der Waals surface area contributed by atoms with Crippen LogP contribution in [0.4, 0.5) is 11.5 Å². The van der Waals surface area contributed by atoms with Crippen molar-refractivity contribution in [3.8, 4) is 0 Å². The molecule has 0 saturated heterocycles. The molecule has 2 heterocycles. The normalized spacial score (nSPS) is 11.3. The Morgan fingerprint density at radius 1 is 0.957 bits per heavy atom. The quantitative estimate of drug-likeness (QED) is 0.505. The minimum Gasteiger partial charge on any atom is -0.336 e. The summed E-state index contributed by atoms with van der Waals surface area (Å²) in [4.78, 5) is 8.86. The highest BCUT2D eigenvalue weighted by Crippen LogP contribution is 2.36. The number of anilines is 2. The summed E-state index contributed by atoms with van der Waals surface area (Å²) in [6.07, 6.45) is 3.48. The maximum atomic E-state index is 6.25. The highest BCUT2D eigenvalue weighted by molar-refractivity contribution is 6.41. The minimum absolute atomic E-state index is 0.426. The minimum atomic E-state index is 0.426. The third-order valence-corrected chi connectivity index (χ3v) is 4.32. The first-order valence-corrected chi connectivity index (χ1v) is 7.89. The van der Waals surface area contributed by atoms with E-state index in [9.17, 15) is 0 Å². The Balaban J connectivity index is 1.93. The van der Waals surface area contributed by atoms with Gasteiger partial charge in [0.1, 0.15) is 5.52 Å². The van der Waals surface area contributed by atoms with Crippen molar-refractivity contribution < 1.29 is 0 Å². The van der Waals surface area contributed by atoms with E-state index in [4.69, 9.17) is 34.8 Å². The molecule has 0 bridgehead atoms. The molecule has 23 heavy (non-hydrogen) atoms. The molecule has 2 aromatic carbocycles. The summed E-state index contributed by atoms with van der Waals surface area (Å²) in [7, 11) is 0. The predicted molar refractivity (Wildman–Crippen MR) is 95.2 cm³/mol. The highest BCUT2D eigenvalue weighted by atomic mass is 35.5. The summed E-state index contributed by atoms with van der Waals surface area (Å²) in [5, 5.41) is 4.52. The molecule has 0 unspecified atom stereocenters. The average molecular weight is 364 g/mol. The molecule has 0 aliphatic carbocycles. The molecule has 0 aliphatic rings. The van der Waals surface area contributed by atoms with Crippen LogP contribution in [-0.2, 0) is 0 Å². The van der Waals surface area contributed by atoms with E-state index < -0.39 is 0 Å². The molecular weight excluding hydrogens is 355 g/mol. The fraction of sp³-hybridized carbons (Fsp3) is 0. The fourth-order valence-electron chi connectivity index (χ4n) is 2.47. The fourth-order valence-corrected chi connectivity index (χ4v) is 3.39. The molecule has 2 aromatic heterocycles. The Labute approximate surface area is 146 Å². The zero-order valence-corrected chi connectivity index (χ0v) is 13.9. The number of hydrogen-bond donors (Lipinski definition) is 1. The van der Waals surface area contributed by atoms with Gasteiger partial charge in [0.05, 0.1) is 39.3 Å². The van der Waals surface area contributed by atoms with Crippen molar-refractivity contribution in [1.82, 2.24) is 14.4 Å². The van der Waals surface area contributed by atoms with Crippen LogP contribution in [0.5, 0.6) is 0 Å². The Morgan fingerprint density at radius 3 is 2.48 bits per heavy atom. The van der Waals surface area contributed by atoms with Crippen LogP contribution >= 0.6 is 34.8 Å². The lowest BCUT2D eigenvalue weighted by atomic mass is 10.2. The van der Waals surface area contributed by atoms with Crippen molar-refractivity contribution in [2.45, 2.75) is 0 Å². The van der Waals surface area contributed by atoms with Gasteiger partial charge in [-0.05, 0) is 24.3 Å². The van der Waals surface area contributed by atoms with Crippen LogP contribution in [0.3, 0.4) is 0 Å². The van der Waals surface area contributed by atoms with Gasteiger partial charge in [0.15, 0.2) is 5.82 Å². The van der Waals surface area contributed by atoms with E-state index in [1.165, 1.54) is 0 Å². The summed E-state index contributed by atoms with van der Waals surface area (Å²) in [5.41, 5.74) is 3.19. The maximum Gasteiger partial charge on any atom is 0.157 e. The number of halogens is 3. The van der Waals surface area contributed by atoms with Crippen molar-refractivity contribution in [2.75, 3.05) is 5.32 Å². The molecule has 0 atom stereocenters. The Hall–Kier alpha value is -2.01. The van der Waals surface area contributed by atoms with Crippen LogP contribution in [0.25, 0.3) is 16.6 Å². The number of rotatable bonds is 2. The SMILES string of the molecule is Clc1cc(Cl)c(Nc2nc3ccccc3n3cncc23)c(Cl)c1. The molecule has 0 radical (unpaired) electrons. The van der Waals surface area contributed by atoms with E-state index in [0.717, 1.165) is 16.6 Å². The second-order valence-corrected chi connectivity index (χ2v) is 6.22. The van der Waals surface area contributed by atoms with Gasteiger partial charge in [-0.15, -0.1) is 0 Å². The molecule has 0 amide bonds. The summed E-state index contributed by atoms with van der Waals surface area (Å²) in [6.45, 7) is 0. The summed E-state index contributed by atoms with van der Waals surface area (Å²) in [5.74, 6) is 0.618. The molecule has 4 nitrogen and oxygen atoms in total. The Morgan fingerprint density at radius 2 is 1.70 bits per heavy atom. The third-order valence-electron chi connectivity index (χ3n) is 3.50. The van der Waals surface area contributed by atoms with E-state index in [2.05, 4.69) is 15.3 Å². The number of aromatic nitrogens is 3. The summed E-state index contributed by atoms with van der Waals surface area (Å²) >= 11 is 18.4. The molecule has 4 rings (SSSR count). The Bertz CT molecular complexity index is 1020. The van der Waals surface area contributed by atoms with Gasteiger partial charge >= 0.3 is 0 Å². The smallest absolute Gasteiger partial charge is 0.157 e. The van der Waals surface area contributed by atoms with Gasteiger partial charge in [-0.3, -0.25) is 4.40 Å². The van der Waals surface area contributed by atoms with E-state index in [-0.39, 0.29) is 0 Å². The van der Waals surface area contributed by atoms with Crippen molar-refractivity contribution in [3.63, 3.8) is 0 Å². The number of fused-ring (bicyclic) bond motifs is 3. The lowest BCUT2D eigenvalue weighted by Crippen LogP contribution is -2.00. The monoisotopic (exact) mass is 362 g/mol. The number of imidazole rings is 1. The summed E-state index contributed by atoms with van der Waals surface area (Å²) in [6, 6.07) is 11.1. The van der Waals surface area contributed by atoms with Crippen LogP contribution in [0.2, 0.25) is 15.1 Å². The third kappa shape index (κ3) is 2.49. The number of nitrogens with zero attached hydrogens (tertiary/aromatic N) is 3. The molecule has 1 N–H and O–H groups in total. The molecule has 7 heteroatoms. The standard InChI is InChI=1S/C16H9Cl3N4/c17-9-5-10(18)15(11(19)6-9)22-16-14-7-20-8-23(14)13-4-2-1-3-12(13)21-16/h1-8H,(H,21,22). The largest absolute Gasteiger partial charge is 0.336 e. The summed E-state index contributed by atoms with van der Waals surface area (Å²) < 4.78 is 1.96. The molecule has 0 saturated carbocycles. The van der Waals surface area contributed by atoms with E-state index in [1.807, 2.05) is 28.7 Å². The molecular formula is C16H9Cl3N4. The van der Waals surface area contributed by atoms with Crippen molar-refractivity contribution in [2.24, 2.45) is 0 Å². The van der Waals surface area contributed by atoms with Gasteiger partial charge in [0.2, 0.25) is 0 Å². The Kier molecular flexibility index (Phi) is 3.53. The van der Waals surface area contributed by atoms with Gasteiger partial charge in [-0.25, -0.2) is 9.97 Å². The number of hydrogen-bond acceptors (Lipinski definition) is 3. The molecule has 0 fully saturated rings. The van der Waals surface area contributed by atoms with Gasteiger partial charge in [0.25, 0.3) is 0 Å². The molecule has 4 aromatic rings. The van der Waals surface area contributed by atoms with E-state index in [0.29, 0.717) is 26.6 Å². The average Bonchev–Trinajstić information content (AvgIpc) is 3.00. The number of nitrogens with one attached hydrogen (secondary N) is 1. The first kappa shape index (κ1) is 14.6. The van der Waals surface area contributed by atoms with Crippen LogP contribution in [0, 0.1) is 0 Å². The first-order valence-electron chi connectivity index (χ1n) is 6.76. The zero-order valence-electron chi connectivity index (χ0n) is 11.6. The maximum absolute atomic E-state index is 6.25. The van der Waals surface area contributed by atoms with Crippen LogP contribution in [0.1, 0.15) is 0 Å². The van der Waals surface area contributed by atoms with E-state index >= 15 is 0 Å². The van der Waals surface area contributed by atoms with Crippen molar-refractivity contribution >= 4 is 62.9 Å². The number of benzene rings is 2. The molecule has 0 spiro atoms. The van der Waals surface area contributed by atoms with Gasteiger partial charge in [-0.1, -0.05) is 46.9 Å². The van der Waals surface area contributed by atoms with Crippen LogP contribution < -0.4 is 5.32 Å². The second-order valence-electron chi connectivity index (χ2n) is 4.97. The first-order chi connectivity index (χ1) is 11.1. The lowest BCUT2D eigenvalue weighted by Gasteiger charge is -2.13. The van der Waals surface area contributed by atoms with Gasteiger partial charge in [-0.2, -0.15) is 0 Å². The molecule has 114 valence electrons. The lowest BCUT2D eigenvalue weighted by molar-refractivity contribution is 1.19. The van der Waals surface area contributed by atoms with Crippen LogP contribution in [0.15, 0.2) is 48.9 Å². The number of para-hydroxylation sites is 2. The molecule has 0 aliphatic heterocycles. The van der Waals surface area contributed by atoms with Crippen molar-refractivity contribution in [1.29, 1.82) is 0 Å². The second kappa shape index (κ2) is 5.57. The topological polar surface area (TPSA) is 42.2 Å². The van der Waals surface area contributed by atoms with E-state index in [1.54, 1.807) is 24.7 Å². The van der Waals surface area contributed by atoms with Crippen LogP contribution in [-0.4, -0.2) is 14.4 Å². The highest BCUT2D eigenvalue weighted by Gasteiger charge is 2.13. The zero-order chi connectivity index (χ0) is 16.0. The van der Waals surface area contributed by atoms with Crippen molar-refractivity contribution in [3.05, 3.63) is 64.0 Å². The van der Waals surface area contributed by atoms with Gasteiger partial charge in [0, 0.05) is 5.02 Å².